The van der Waals surface area contributed by atoms with E-state index in [4.69, 9.17) is 16.9 Å². The summed E-state index contributed by atoms with van der Waals surface area (Å²) in [6.07, 6.45) is 0. The maximum Gasteiger partial charge on any atom is 0.287 e. The average Bonchev–Trinajstić information content (AvgIpc) is 2.28. The molecule has 1 rings (SSSR count). The lowest BCUT2D eigenvalue weighted by atomic mass is 10.2. The largest absolute Gasteiger partial charge is 0.287 e. The van der Waals surface area contributed by atoms with Crippen molar-refractivity contribution in [3.8, 4) is 6.07 Å². The van der Waals surface area contributed by atoms with Gasteiger partial charge in [-0.25, -0.2) is 0 Å². The minimum Gasteiger partial charge on any atom is -0.258 e. The van der Waals surface area contributed by atoms with Gasteiger partial charge in [-0.05, 0) is 12.1 Å². The van der Waals surface area contributed by atoms with Gasteiger partial charge in [-0.2, -0.15) is 5.26 Å². The highest BCUT2D eigenvalue weighted by atomic mass is 35.5. The molecule has 0 saturated heterocycles. The molecule has 1 unspecified atom stereocenters. The highest BCUT2D eigenvalue weighted by molar-refractivity contribution is 8.00. The lowest BCUT2D eigenvalue weighted by Gasteiger charge is -2.06. The summed E-state index contributed by atoms with van der Waals surface area (Å²) in [4.78, 5) is 10.9. The summed E-state index contributed by atoms with van der Waals surface area (Å²) >= 11 is 7.15. The lowest BCUT2D eigenvalue weighted by Crippen LogP contribution is -1.97. The fourth-order valence-electron chi connectivity index (χ4n) is 1.10. The third-order valence-corrected chi connectivity index (χ3v) is 3.58. The van der Waals surface area contributed by atoms with Gasteiger partial charge >= 0.3 is 0 Å². The Morgan fingerprint density at radius 3 is 2.88 bits per heavy atom. The van der Waals surface area contributed by atoms with Gasteiger partial charge in [0.2, 0.25) is 0 Å². The molecule has 0 N–H and O–H groups in total. The van der Waals surface area contributed by atoms with Crippen LogP contribution in [0.4, 0.5) is 5.69 Å². The van der Waals surface area contributed by atoms with Crippen molar-refractivity contribution in [2.24, 2.45) is 0 Å². The topological polar surface area (TPSA) is 66.9 Å². The van der Waals surface area contributed by atoms with Crippen molar-refractivity contribution in [2.45, 2.75) is 17.1 Å². The van der Waals surface area contributed by atoms with Gasteiger partial charge in [0.1, 0.15) is 11.6 Å². The van der Waals surface area contributed by atoms with Crippen molar-refractivity contribution in [1.82, 2.24) is 0 Å². The van der Waals surface area contributed by atoms with Crippen LogP contribution in [0.2, 0.25) is 0 Å². The van der Waals surface area contributed by atoms with Gasteiger partial charge in [0.15, 0.2) is 0 Å². The standard InChI is InChI=1S/C10H9ClN2O2S/c1-7(5-11)16-9-2-3-10(13(14)15)8(4-9)6-12/h2-4,7H,5H2,1H3. The van der Waals surface area contributed by atoms with Gasteiger partial charge in [-0.3, -0.25) is 10.1 Å². The first kappa shape index (κ1) is 12.8. The molecule has 1 aromatic rings. The average molecular weight is 257 g/mol. The van der Waals surface area contributed by atoms with Crippen molar-refractivity contribution in [1.29, 1.82) is 5.26 Å². The maximum absolute atomic E-state index is 10.6. The Hall–Kier alpha value is -1.25. The van der Waals surface area contributed by atoms with Crippen molar-refractivity contribution in [3.63, 3.8) is 0 Å². The van der Waals surface area contributed by atoms with Crippen molar-refractivity contribution in [2.75, 3.05) is 5.88 Å². The lowest BCUT2D eigenvalue weighted by molar-refractivity contribution is -0.385. The van der Waals surface area contributed by atoms with Gasteiger partial charge in [-0.15, -0.1) is 23.4 Å². The van der Waals surface area contributed by atoms with E-state index in [0.717, 1.165) is 4.90 Å². The van der Waals surface area contributed by atoms with Crippen LogP contribution in [0.25, 0.3) is 0 Å². The fraction of sp³-hybridized carbons (Fsp3) is 0.300. The Morgan fingerprint density at radius 2 is 2.38 bits per heavy atom. The molecular formula is C10H9ClN2O2S. The van der Waals surface area contributed by atoms with Crippen LogP contribution in [0.5, 0.6) is 0 Å². The molecular weight excluding hydrogens is 248 g/mol. The maximum atomic E-state index is 10.6. The summed E-state index contributed by atoms with van der Waals surface area (Å²) in [5, 5.41) is 19.6. The molecule has 4 nitrogen and oxygen atoms in total. The zero-order valence-electron chi connectivity index (χ0n) is 8.51. The Kier molecular flexibility index (Phi) is 4.59. The second-order valence-corrected chi connectivity index (χ2v) is 4.95. The highest BCUT2D eigenvalue weighted by Crippen LogP contribution is 2.28. The number of nitro benzene ring substituents is 1. The van der Waals surface area contributed by atoms with E-state index >= 15 is 0 Å². The number of thioether (sulfide) groups is 1. The van der Waals surface area contributed by atoms with Gasteiger partial charge in [0, 0.05) is 22.1 Å². The third kappa shape index (κ3) is 3.12. The smallest absolute Gasteiger partial charge is 0.258 e. The summed E-state index contributed by atoms with van der Waals surface area (Å²) < 4.78 is 0. The molecule has 0 bridgehead atoms. The van der Waals surface area contributed by atoms with Gasteiger partial charge in [-0.1, -0.05) is 6.92 Å². The van der Waals surface area contributed by atoms with Crippen molar-refractivity contribution >= 4 is 29.1 Å². The number of nitro groups is 1. The van der Waals surface area contributed by atoms with Gasteiger partial charge in [0.25, 0.3) is 5.69 Å². The van der Waals surface area contributed by atoms with E-state index in [1.165, 1.54) is 23.9 Å². The molecule has 0 heterocycles. The number of nitrogens with zero attached hydrogens (tertiary/aromatic N) is 2. The Bertz CT molecular complexity index is 445. The number of rotatable bonds is 4. The van der Waals surface area contributed by atoms with Crippen LogP contribution >= 0.6 is 23.4 Å². The van der Waals surface area contributed by atoms with Crippen LogP contribution in [0, 0.1) is 21.4 Å². The number of nitriles is 1. The van der Waals surface area contributed by atoms with Gasteiger partial charge < -0.3 is 0 Å². The van der Waals surface area contributed by atoms with E-state index in [-0.39, 0.29) is 16.5 Å². The summed E-state index contributed by atoms with van der Waals surface area (Å²) in [6, 6.07) is 6.32. The van der Waals surface area contributed by atoms with Crippen LogP contribution in [0.15, 0.2) is 23.1 Å². The van der Waals surface area contributed by atoms with Crippen molar-refractivity contribution in [3.05, 3.63) is 33.9 Å². The molecule has 0 aliphatic heterocycles. The number of benzene rings is 1. The second kappa shape index (κ2) is 5.73. The Balaban J connectivity index is 3.01. The normalized spacial score (nSPS) is 11.8. The fourth-order valence-corrected chi connectivity index (χ4v) is 2.15. The van der Waals surface area contributed by atoms with Crippen LogP contribution in [-0.4, -0.2) is 16.1 Å². The minimum atomic E-state index is -0.558. The first-order chi connectivity index (χ1) is 7.58. The molecule has 0 aliphatic carbocycles. The van der Waals surface area contributed by atoms with E-state index in [2.05, 4.69) is 0 Å². The Labute approximate surface area is 102 Å². The Morgan fingerprint density at radius 1 is 1.69 bits per heavy atom. The number of halogens is 1. The van der Waals surface area contributed by atoms with Gasteiger partial charge in [0.05, 0.1) is 4.92 Å². The van der Waals surface area contributed by atoms with E-state index < -0.39 is 4.92 Å². The summed E-state index contributed by atoms with van der Waals surface area (Å²) in [6.45, 7) is 1.95. The van der Waals surface area contributed by atoms with E-state index in [1.807, 2.05) is 13.0 Å². The molecule has 1 aromatic carbocycles. The molecule has 0 radical (unpaired) electrons. The molecule has 1 atom stereocenters. The molecule has 0 aliphatic rings. The monoisotopic (exact) mass is 256 g/mol. The van der Waals surface area contributed by atoms with Crippen LogP contribution in [0.3, 0.4) is 0 Å². The SMILES string of the molecule is CC(CCl)Sc1ccc([N+](=O)[O-])c(C#N)c1. The zero-order valence-corrected chi connectivity index (χ0v) is 10.1. The zero-order chi connectivity index (χ0) is 12.1. The number of hydrogen-bond donors (Lipinski definition) is 0. The van der Waals surface area contributed by atoms with E-state index in [0.29, 0.717) is 5.88 Å². The summed E-state index contributed by atoms with van der Waals surface area (Å²) in [5.41, 5.74) is -0.0813. The predicted octanol–water partition coefficient (Wildman–Crippen LogP) is 3.19. The van der Waals surface area contributed by atoms with Crippen molar-refractivity contribution < 1.29 is 4.92 Å². The molecule has 0 spiro atoms. The van der Waals surface area contributed by atoms with Crippen LogP contribution in [0.1, 0.15) is 12.5 Å². The van der Waals surface area contributed by atoms with Crippen LogP contribution in [-0.2, 0) is 0 Å². The quantitative estimate of drug-likeness (QED) is 0.359. The highest BCUT2D eigenvalue weighted by Gasteiger charge is 2.14. The first-order valence-corrected chi connectivity index (χ1v) is 5.91. The molecule has 6 heteroatoms. The molecule has 16 heavy (non-hydrogen) atoms. The predicted molar refractivity (Wildman–Crippen MR) is 63.9 cm³/mol. The molecule has 84 valence electrons. The first-order valence-electron chi connectivity index (χ1n) is 4.49. The third-order valence-electron chi connectivity index (χ3n) is 1.84. The second-order valence-electron chi connectivity index (χ2n) is 3.13. The summed E-state index contributed by atoms with van der Waals surface area (Å²) in [7, 11) is 0. The summed E-state index contributed by atoms with van der Waals surface area (Å²) in [5.74, 6) is 0.490. The molecule has 0 amide bonds. The molecule has 0 aromatic heterocycles. The van der Waals surface area contributed by atoms with E-state index in [1.54, 1.807) is 6.07 Å². The number of hydrogen-bond acceptors (Lipinski definition) is 4. The van der Waals surface area contributed by atoms with Crippen LogP contribution < -0.4 is 0 Å². The molecule has 0 fully saturated rings. The number of alkyl halides is 1. The minimum absolute atomic E-state index is 0.0803. The van der Waals surface area contributed by atoms with E-state index in [9.17, 15) is 10.1 Å². The molecule has 0 saturated carbocycles.